The molecule has 0 bridgehead atoms. The first-order chi connectivity index (χ1) is 12.8. The third kappa shape index (κ3) is 3.73. The highest BCUT2D eigenvalue weighted by atomic mass is 32.2. The third-order valence-corrected chi connectivity index (χ3v) is 5.28. The number of nitrogens with zero attached hydrogens (tertiary/aromatic N) is 3. The summed E-state index contributed by atoms with van der Waals surface area (Å²) < 4.78 is 5.23. The molecule has 1 aliphatic rings. The molecule has 4 nitrogen and oxygen atoms in total. The summed E-state index contributed by atoms with van der Waals surface area (Å²) in [5.74, 6) is 0.832. The molecule has 3 aromatic rings. The first-order valence-corrected chi connectivity index (χ1v) is 9.27. The van der Waals surface area contributed by atoms with Crippen LogP contribution in [-0.2, 0) is 13.1 Å². The minimum Gasteiger partial charge on any atom is -0.497 e. The van der Waals surface area contributed by atoms with Gasteiger partial charge in [0.1, 0.15) is 10.8 Å². The van der Waals surface area contributed by atoms with Crippen LogP contribution in [0.4, 0.5) is 5.69 Å². The van der Waals surface area contributed by atoms with Gasteiger partial charge >= 0.3 is 0 Å². The molecule has 0 radical (unpaired) electrons. The van der Waals surface area contributed by atoms with E-state index in [1.807, 2.05) is 42.6 Å². The maximum atomic E-state index is 5.23. The summed E-state index contributed by atoms with van der Waals surface area (Å²) in [6.45, 7) is 1.62. The van der Waals surface area contributed by atoms with Gasteiger partial charge in [-0.1, -0.05) is 36.4 Å². The Morgan fingerprint density at radius 2 is 1.85 bits per heavy atom. The van der Waals surface area contributed by atoms with Crippen molar-refractivity contribution in [3.8, 4) is 5.75 Å². The quantitative estimate of drug-likeness (QED) is 0.663. The van der Waals surface area contributed by atoms with E-state index in [4.69, 9.17) is 9.73 Å². The lowest BCUT2D eigenvalue weighted by atomic mass is 10.2. The van der Waals surface area contributed by atoms with Gasteiger partial charge in [-0.15, -0.1) is 0 Å². The van der Waals surface area contributed by atoms with Crippen LogP contribution in [0, 0.1) is 0 Å². The second-order valence-corrected chi connectivity index (χ2v) is 6.96. The number of aliphatic imine (C=N–C) groups is 1. The Kier molecular flexibility index (Phi) is 4.88. The zero-order valence-corrected chi connectivity index (χ0v) is 15.3. The minimum absolute atomic E-state index is 0.806. The Bertz CT molecular complexity index is 910. The number of rotatable bonds is 4. The highest BCUT2D eigenvalue weighted by Crippen LogP contribution is 2.33. The van der Waals surface area contributed by atoms with Gasteiger partial charge in [-0.2, -0.15) is 0 Å². The van der Waals surface area contributed by atoms with Crippen molar-refractivity contribution in [2.45, 2.75) is 18.1 Å². The molecule has 0 spiro atoms. The van der Waals surface area contributed by atoms with Gasteiger partial charge in [0.2, 0.25) is 0 Å². The van der Waals surface area contributed by atoms with Crippen LogP contribution in [0.1, 0.15) is 11.1 Å². The van der Waals surface area contributed by atoms with Crippen molar-refractivity contribution in [2.75, 3.05) is 7.11 Å². The third-order valence-electron chi connectivity index (χ3n) is 4.18. The van der Waals surface area contributed by atoms with Crippen LogP contribution in [0.3, 0.4) is 0 Å². The average molecular weight is 361 g/mol. The number of thioether (sulfide) groups is 1. The van der Waals surface area contributed by atoms with Gasteiger partial charge in [0.25, 0.3) is 0 Å². The van der Waals surface area contributed by atoms with Crippen LogP contribution in [0.25, 0.3) is 0 Å². The summed E-state index contributed by atoms with van der Waals surface area (Å²) in [6, 6.07) is 22.4. The van der Waals surface area contributed by atoms with Gasteiger partial charge in [-0.05, 0) is 47.7 Å². The van der Waals surface area contributed by atoms with E-state index in [0.717, 1.165) is 34.7 Å². The van der Waals surface area contributed by atoms with Crippen LogP contribution in [-0.4, -0.2) is 22.2 Å². The number of fused-ring (bicyclic) bond motifs is 1. The number of ether oxygens (including phenoxy) is 1. The highest BCUT2D eigenvalue weighted by Gasteiger charge is 2.23. The van der Waals surface area contributed by atoms with Crippen LogP contribution >= 0.6 is 11.8 Å². The molecule has 0 N–H and O–H groups in total. The molecule has 0 saturated heterocycles. The molecule has 0 amide bonds. The number of pyridine rings is 1. The van der Waals surface area contributed by atoms with Gasteiger partial charge in [0, 0.05) is 24.8 Å². The van der Waals surface area contributed by atoms with E-state index in [-0.39, 0.29) is 0 Å². The number of methoxy groups -OCH3 is 1. The molecule has 0 aliphatic carbocycles. The van der Waals surface area contributed by atoms with Crippen molar-refractivity contribution >= 4 is 22.6 Å². The fourth-order valence-electron chi connectivity index (χ4n) is 2.85. The zero-order chi connectivity index (χ0) is 17.8. The second kappa shape index (κ2) is 7.62. The fourth-order valence-corrected chi connectivity index (χ4v) is 3.81. The molecule has 0 fully saturated rings. The second-order valence-electron chi connectivity index (χ2n) is 6.00. The topological polar surface area (TPSA) is 37.7 Å². The molecule has 130 valence electrons. The van der Waals surface area contributed by atoms with E-state index >= 15 is 0 Å². The van der Waals surface area contributed by atoms with Gasteiger partial charge in [0.05, 0.1) is 12.8 Å². The van der Waals surface area contributed by atoms with Crippen molar-refractivity contribution in [2.24, 2.45) is 4.99 Å². The number of amidine groups is 1. The summed E-state index contributed by atoms with van der Waals surface area (Å²) in [7, 11) is 1.67. The molecular weight excluding hydrogens is 342 g/mol. The molecule has 2 heterocycles. The Balaban J connectivity index is 1.67. The molecular formula is C21H19N3OS. The van der Waals surface area contributed by atoms with Crippen LogP contribution < -0.4 is 4.74 Å². The van der Waals surface area contributed by atoms with Crippen LogP contribution in [0.5, 0.6) is 5.75 Å². The van der Waals surface area contributed by atoms with Crippen LogP contribution in [0.15, 0.2) is 82.9 Å². The van der Waals surface area contributed by atoms with Crippen molar-refractivity contribution in [1.82, 2.24) is 9.88 Å². The predicted molar refractivity (Wildman–Crippen MR) is 106 cm³/mol. The highest BCUT2D eigenvalue weighted by molar-refractivity contribution is 8.13. The maximum Gasteiger partial charge on any atom is 0.171 e. The maximum absolute atomic E-state index is 5.23. The predicted octanol–water partition coefficient (Wildman–Crippen LogP) is 4.89. The Morgan fingerprint density at radius 3 is 2.62 bits per heavy atom. The van der Waals surface area contributed by atoms with Crippen molar-refractivity contribution in [1.29, 1.82) is 0 Å². The first-order valence-electron chi connectivity index (χ1n) is 8.45. The molecule has 1 aliphatic heterocycles. The summed E-state index contributed by atoms with van der Waals surface area (Å²) >= 11 is 1.62. The molecule has 0 unspecified atom stereocenters. The summed E-state index contributed by atoms with van der Waals surface area (Å²) in [5, 5.41) is 1.99. The molecule has 26 heavy (non-hydrogen) atoms. The van der Waals surface area contributed by atoms with Gasteiger partial charge < -0.3 is 9.64 Å². The summed E-state index contributed by atoms with van der Waals surface area (Å²) in [4.78, 5) is 11.7. The SMILES string of the molecule is COc1ccc(N=C2Sc3ncccc3CN2Cc2ccccc2)cc1. The lowest BCUT2D eigenvalue weighted by Crippen LogP contribution is -2.31. The Morgan fingerprint density at radius 1 is 1.04 bits per heavy atom. The molecule has 1 aromatic heterocycles. The van der Waals surface area contributed by atoms with E-state index in [1.54, 1.807) is 18.9 Å². The Labute approximate surface area is 157 Å². The first kappa shape index (κ1) is 16.7. The standard InChI is InChI=1S/C21H19N3OS/c1-25-19-11-9-18(10-12-19)23-21-24(14-16-6-3-2-4-7-16)15-17-8-5-13-22-20(17)26-21/h2-13H,14-15H2,1H3. The largest absolute Gasteiger partial charge is 0.497 e. The molecule has 0 atom stereocenters. The number of benzene rings is 2. The van der Waals surface area contributed by atoms with Gasteiger partial charge in [0.15, 0.2) is 5.17 Å². The minimum atomic E-state index is 0.806. The summed E-state index contributed by atoms with van der Waals surface area (Å²) in [5.41, 5.74) is 3.41. The molecule has 0 saturated carbocycles. The molecule has 2 aromatic carbocycles. The monoisotopic (exact) mass is 361 g/mol. The van der Waals surface area contributed by atoms with Crippen LogP contribution in [0.2, 0.25) is 0 Å². The normalized spacial score (nSPS) is 15.0. The van der Waals surface area contributed by atoms with E-state index < -0.39 is 0 Å². The van der Waals surface area contributed by atoms with E-state index in [2.05, 4.69) is 40.2 Å². The van der Waals surface area contributed by atoms with E-state index in [0.29, 0.717) is 0 Å². The molecule has 5 heteroatoms. The molecule has 4 rings (SSSR count). The lowest BCUT2D eigenvalue weighted by Gasteiger charge is -2.30. The fraction of sp³-hybridized carbons (Fsp3) is 0.143. The number of hydrogen-bond donors (Lipinski definition) is 0. The zero-order valence-electron chi connectivity index (χ0n) is 14.5. The smallest absolute Gasteiger partial charge is 0.171 e. The average Bonchev–Trinajstić information content (AvgIpc) is 2.70. The van der Waals surface area contributed by atoms with Crippen molar-refractivity contribution in [3.05, 3.63) is 84.1 Å². The Hall–Kier alpha value is -2.79. The van der Waals surface area contributed by atoms with Crippen molar-refractivity contribution in [3.63, 3.8) is 0 Å². The number of aromatic nitrogens is 1. The van der Waals surface area contributed by atoms with Gasteiger partial charge in [-0.3, -0.25) is 0 Å². The lowest BCUT2D eigenvalue weighted by molar-refractivity contribution is 0.406. The summed E-state index contributed by atoms with van der Waals surface area (Å²) in [6.07, 6.45) is 1.84. The van der Waals surface area contributed by atoms with Gasteiger partial charge in [-0.25, -0.2) is 9.98 Å². The number of hydrogen-bond acceptors (Lipinski definition) is 4. The van der Waals surface area contributed by atoms with E-state index in [1.165, 1.54) is 11.1 Å². The van der Waals surface area contributed by atoms with E-state index in [9.17, 15) is 0 Å². The van der Waals surface area contributed by atoms with Crippen molar-refractivity contribution < 1.29 is 4.74 Å².